The molecular weight excluding hydrogens is 292 g/mol. The maximum absolute atomic E-state index is 5.63. The predicted octanol–water partition coefficient (Wildman–Crippen LogP) is 5.99. The lowest BCUT2D eigenvalue weighted by molar-refractivity contribution is -0.500. The van der Waals surface area contributed by atoms with Crippen molar-refractivity contribution in [3.8, 4) is 0 Å². The predicted molar refractivity (Wildman–Crippen MR) is 95.2 cm³/mol. The van der Waals surface area contributed by atoms with Gasteiger partial charge in [-0.05, 0) is 20.3 Å². The van der Waals surface area contributed by atoms with Crippen molar-refractivity contribution in [1.29, 1.82) is 0 Å². The summed E-state index contributed by atoms with van der Waals surface area (Å²) in [6.07, 6.45) is 15.2. The van der Waals surface area contributed by atoms with E-state index < -0.39 is 5.97 Å². The number of rotatable bonds is 18. The molecule has 0 heterocycles. The third-order valence-electron chi connectivity index (χ3n) is 4.03. The monoisotopic (exact) mass is 332 g/mol. The van der Waals surface area contributed by atoms with Crippen LogP contribution in [0.3, 0.4) is 0 Å². The molecule has 0 aromatic carbocycles. The SMILES string of the molecule is CCCCCCCCCCCCCC(OCC)(OCC)OOC. The third-order valence-corrected chi connectivity index (χ3v) is 4.03. The van der Waals surface area contributed by atoms with E-state index in [2.05, 4.69) is 6.92 Å². The first-order valence-corrected chi connectivity index (χ1v) is 9.74. The van der Waals surface area contributed by atoms with E-state index >= 15 is 0 Å². The molecule has 0 N–H and O–H groups in total. The van der Waals surface area contributed by atoms with Gasteiger partial charge in [0.2, 0.25) is 0 Å². The lowest BCUT2D eigenvalue weighted by Gasteiger charge is -2.30. The smallest absolute Gasteiger partial charge is 0.312 e. The van der Waals surface area contributed by atoms with Gasteiger partial charge in [-0.15, -0.1) is 0 Å². The molecule has 0 saturated carbocycles. The van der Waals surface area contributed by atoms with Gasteiger partial charge in [0.05, 0.1) is 7.11 Å². The largest absolute Gasteiger partial charge is 0.326 e. The Morgan fingerprint density at radius 1 is 0.609 bits per heavy atom. The third kappa shape index (κ3) is 12.9. The van der Waals surface area contributed by atoms with Gasteiger partial charge in [0.15, 0.2) is 0 Å². The van der Waals surface area contributed by atoms with E-state index in [-0.39, 0.29) is 0 Å². The second-order valence-corrected chi connectivity index (χ2v) is 6.08. The summed E-state index contributed by atoms with van der Waals surface area (Å²) in [4.78, 5) is 10.1. The lowest BCUT2D eigenvalue weighted by Crippen LogP contribution is -2.39. The maximum atomic E-state index is 5.63. The van der Waals surface area contributed by atoms with Gasteiger partial charge in [-0.25, -0.2) is 4.89 Å². The zero-order chi connectivity index (χ0) is 17.2. The van der Waals surface area contributed by atoms with E-state index in [0.717, 1.165) is 6.42 Å². The van der Waals surface area contributed by atoms with Crippen molar-refractivity contribution in [3.63, 3.8) is 0 Å². The molecule has 0 unspecified atom stereocenters. The van der Waals surface area contributed by atoms with Crippen molar-refractivity contribution < 1.29 is 19.2 Å². The minimum atomic E-state index is -1.03. The Bertz CT molecular complexity index is 216. The Hall–Kier alpha value is -0.160. The summed E-state index contributed by atoms with van der Waals surface area (Å²) in [6, 6.07) is 0. The molecule has 0 amide bonds. The maximum Gasteiger partial charge on any atom is 0.312 e. The van der Waals surface area contributed by atoms with Gasteiger partial charge in [0, 0.05) is 19.6 Å². The average Bonchev–Trinajstić information content (AvgIpc) is 2.53. The van der Waals surface area contributed by atoms with E-state index in [1.807, 2.05) is 13.8 Å². The molecule has 0 fully saturated rings. The minimum Gasteiger partial charge on any atom is -0.326 e. The van der Waals surface area contributed by atoms with Gasteiger partial charge in [0.25, 0.3) is 0 Å². The van der Waals surface area contributed by atoms with E-state index in [0.29, 0.717) is 19.6 Å². The van der Waals surface area contributed by atoms with Crippen LogP contribution in [0.2, 0.25) is 0 Å². The number of unbranched alkanes of at least 4 members (excludes halogenated alkanes) is 10. The molecular formula is C19H40O4. The molecule has 23 heavy (non-hydrogen) atoms. The van der Waals surface area contributed by atoms with Gasteiger partial charge in [-0.3, -0.25) is 0 Å². The zero-order valence-electron chi connectivity index (χ0n) is 16.0. The van der Waals surface area contributed by atoms with Gasteiger partial charge >= 0.3 is 5.97 Å². The molecule has 0 rings (SSSR count). The normalized spacial score (nSPS) is 12.0. The first kappa shape index (κ1) is 22.8. The highest BCUT2D eigenvalue weighted by molar-refractivity contribution is 4.57. The molecule has 4 heteroatoms. The first-order chi connectivity index (χ1) is 11.2. The highest BCUT2D eigenvalue weighted by Gasteiger charge is 2.33. The van der Waals surface area contributed by atoms with Crippen LogP contribution in [0.25, 0.3) is 0 Å². The summed E-state index contributed by atoms with van der Waals surface area (Å²) in [7, 11) is 1.49. The summed E-state index contributed by atoms with van der Waals surface area (Å²) in [5.41, 5.74) is 0. The van der Waals surface area contributed by atoms with E-state index in [9.17, 15) is 0 Å². The molecule has 0 saturated heterocycles. The zero-order valence-corrected chi connectivity index (χ0v) is 16.0. The highest BCUT2D eigenvalue weighted by Crippen LogP contribution is 2.24. The summed E-state index contributed by atoms with van der Waals surface area (Å²) in [5, 5.41) is 0. The van der Waals surface area contributed by atoms with Crippen molar-refractivity contribution in [3.05, 3.63) is 0 Å². The molecule has 0 radical (unpaired) electrons. The molecule has 0 spiro atoms. The van der Waals surface area contributed by atoms with Crippen LogP contribution in [0.5, 0.6) is 0 Å². The summed E-state index contributed by atoms with van der Waals surface area (Å²) in [5.74, 6) is -1.03. The van der Waals surface area contributed by atoms with E-state index in [1.165, 1.54) is 71.3 Å². The Morgan fingerprint density at radius 2 is 1.04 bits per heavy atom. The topological polar surface area (TPSA) is 36.9 Å². The average molecular weight is 333 g/mol. The van der Waals surface area contributed by atoms with E-state index in [4.69, 9.17) is 19.2 Å². The standard InChI is InChI=1S/C19H40O4/c1-5-8-9-10-11-12-13-14-15-16-17-18-19(21-6-2,22-7-3)23-20-4/h5-18H2,1-4H3. The Labute approximate surface area is 144 Å². The summed E-state index contributed by atoms with van der Waals surface area (Å²) < 4.78 is 11.3. The lowest BCUT2D eigenvalue weighted by atomic mass is 10.0. The molecule has 0 aliphatic heterocycles. The molecule has 4 nitrogen and oxygen atoms in total. The van der Waals surface area contributed by atoms with Crippen molar-refractivity contribution in [2.45, 2.75) is 104 Å². The fourth-order valence-corrected chi connectivity index (χ4v) is 2.85. The summed E-state index contributed by atoms with van der Waals surface area (Å²) >= 11 is 0. The number of hydrogen-bond acceptors (Lipinski definition) is 4. The van der Waals surface area contributed by atoms with Gasteiger partial charge < -0.3 is 9.47 Å². The van der Waals surface area contributed by atoms with Crippen molar-refractivity contribution >= 4 is 0 Å². The second-order valence-electron chi connectivity index (χ2n) is 6.08. The van der Waals surface area contributed by atoms with Crippen molar-refractivity contribution in [1.82, 2.24) is 0 Å². The Kier molecular flexibility index (Phi) is 16.6. The minimum absolute atomic E-state index is 0.543. The van der Waals surface area contributed by atoms with Crippen LogP contribution in [-0.4, -0.2) is 26.3 Å². The fraction of sp³-hybridized carbons (Fsp3) is 1.00. The molecule has 140 valence electrons. The van der Waals surface area contributed by atoms with Gasteiger partial charge in [0.1, 0.15) is 0 Å². The van der Waals surface area contributed by atoms with Crippen LogP contribution < -0.4 is 0 Å². The molecule has 0 aliphatic rings. The quantitative estimate of drug-likeness (QED) is 0.134. The van der Waals surface area contributed by atoms with Crippen LogP contribution in [0.1, 0.15) is 97.8 Å². The summed E-state index contributed by atoms with van der Waals surface area (Å²) in [6.45, 7) is 7.23. The van der Waals surface area contributed by atoms with Gasteiger partial charge in [-0.2, -0.15) is 4.89 Å². The van der Waals surface area contributed by atoms with Crippen LogP contribution >= 0.6 is 0 Å². The van der Waals surface area contributed by atoms with Crippen LogP contribution in [-0.2, 0) is 19.2 Å². The molecule has 0 aromatic rings. The molecule has 0 aromatic heterocycles. The van der Waals surface area contributed by atoms with Crippen molar-refractivity contribution in [2.24, 2.45) is 0 Å². The van der Waals surface area contributed by atoms with E-state index in [1.54, 1.807) is 0 Å². The molecule has 0 atom stereocenters. The van der Waals surface area contributed by atoms with Crippen molar-refractivity contribution in [2.75, 3.05) is 20.3 Å². The first-order valence-electron chi connectivity index (χ1n) is 9.74. The molecule has 0 aliphatic carbocycles. The number of hydrogen-bond donors (Lipinski definition) is 0. The second kappa shape index (κ2) is 16.7. The Morgan fingerprint density at radius 3 is 1.43 bits per heavy atom. The number of ether oxygens (including phenoxy) is 2. The highest BCUT2D eigenvalue weighted by atomic mass is 17.3. The Balaban J connectivity index is 3.65. The van der Waals surface area contributed by atoms with Crippen LogP contribution in [0, 0.1) is 0 Å². The fourth-order valence-electron chi connectivity index (χ4n) is 2.85. The van der Waals surface area contributed by atoms with Gasteiger partial charge in [-0.1, -0.05) is 71.1 Å². The molecule has 0 bridgehead atoms. The van der Waals surface area contributed by atoms with Crippen LogP contribution in [0.4, 0.5) is 0 Å². The van der Waals surface area contributed by atoms with Crippen LogP contribution in [0.15, 0.2) is 0 Å².